The summed E-state index contributed by atoms with van der Waals surface area (Å²) in [5.41, 5.74) is 1.24. The second-order valence-corrected chi connectivity index (χ2v) is 5.91. The molecule has 112 valence electrons. The van der Waals surface area contributed by atoms with Crippen LogP contribution < -0.4 is 10.1 Å². The Bertz CT molecular complexity index is 406. The lowest BCUT2D eigenvalue weighted by Gasteiger charge is -2.36. The van der Waals surface area contributed by atoms with E-state index in [4.69, 9.17) is 14.2 Å². The van der Waals surface area contributed by atoms with Crippen LogP contribution in [0.3, 0.4) is 0 Å². The van der Waals surface area contributed by atoms with Crippen LogP contribution in [0.25, 0.3) is 0 Å². The van der Waals surface area contributed by atoms with E-state index in [1.54, 1.807) is 0 Å². The number of aryl methyl sites for hydroxylation is 1. The topological polar surface area (TPSA) is 39.7 Å². The summed E-state index contributed by atoms with van der Waals surface area (Å²) in [6.07, 6.45) is 0. The van der Waals surface area contributed by atoms with Crippen molar-refractivity contribution in [2.45, 2.75) is 45.6 Å². The van der Waals surface area contributed by atoms with E-state index in [0.717, 1.165) is 5.75 Å². The van der Waals surface area contributed by atoms with Gasteiger partial charge in [-0.25, -0.2) is 0 Å². The molecule has 2 rings (SSSR count). The van der Waals surface area contributed by atoms with E-state index in [2.05, 4.69) is 31.3 Å². The quantitative estimate of drug-likeness (QED) is 0.899. The average molecular weight is 279 g/mol. The number of rotatable bonds is 5. The summed E-state index contributed by atoms with van der Waals surface area (Å²) in [6, 6.07) is 8.57. The molecule has 1 aliphatic rings. The standard InChI is InChI=1S/C16H25NO3/c1-12-5-7-15(8-6-12)18-9-13(2)17-14-10-19-16(3,4)20-11-14/h5-8,13-14,17H,9-11H2,1-4H3. The van der Waals surface area contributed by atoms with Gasteiger partial charge in [0.2, 0.25) is 0 Å². The number of hydrogen-bond donors (Lipinski definition) is 1. The van der Waals surface area contributed by atoms with Crippen molar-refractivity contribution in [3.05, 3.63) is 29.8 Å². The summed E-state index contributed by atoms with van der Waals surface area (Å²) < 4.78 is 17.0. The molecule has 1 unspecified atom stereocenters. The molecule has 4 nitrogen and oxygen atoms in total. The molecule has 0 radical (unpaired) electrons. The Balaban J connectivity index is 1.70. The summed E-state index contributed by atoms with van der Waals surface area (Å²) in [5.74, 6) is 0.446. The molecule has 1 aromatic carbocycles. The number of ether oxygens (including phenoxy) is 3. The Morgan fingerprint density at radius 1 is 1.25 bits per heavy atom. The fourth-order valence-corrected chi connectivity index (χ4v) is 2.09. The van der Waals surface area contributed by atoms with Gasteiger partial charge in [-0.3, -0.25) is 0 Å². The highest BCUT2D eigenvalue weighted by molar-refractivity contribution is 5.26. The van der Waals surface area contributed by atoms with E-state index in [0.29, 0.717) is 19.8 Å². The molecule has 0 aliphatic carbocycles. The van der Waals surface area contributed by atoms with Crippen LogP contribution in [0.5, 0.6) is 5.75 Å². The van der Waals surface area contributed by atoms with Gasteiger partial charge in [0.15, 0.2) is 5.79 Å². The molecule has 0 amide bonds. The zero-order chi connectivity index (χ0) is 14.6. The number of hydrogen-bond acceptors (Lipinski definition) is 4. The second kappa shape index (κ2) is 6.57. The Morgan fingerprint density at radius 3 is 2.45 bits per heavy atom. The largest absolute Gasteiger partial charge is 0.492 e. The Hall–Kier alpha value is -1.10. The molecule has 0 spiro atoms. The molecule has 1 aromatic rings. The normalized spacial score (nSPS) is 20.6. The average Bonchev–Trinajstić information content (AvgIpc) is 2.41. The monoisotopic (exact) mass is 279 g/mol. The van der Waals surface area contributed by atoms with E-state index in [1.165, 1.54) is 5.56 Å². The lowest BCUT2D eigenvalue weighted by molar-refractivity contribution is -0.253. The SMILES string of the molecule is Cc1ccc(OCC(C)NC2COC(C)(C)OC2)cc1. The Kier molecular flexibility index (Phi) is 5.02. The summed E-state index contributed by atoms with van der Waals surface area (Å²) >= 11 is 0. The minimum absolute atomic E-state index is 0.222. The van der Waals surface area contributed by atoms with Crippen LogP contribution in [0, 0.1) is 6.92 Å². The van der Waals surface area contributed by atoms with Crippen LogP contribution in [0.2, 0.25) is 0 Å². The number of benzene rings is 1. The van der Waals surface area contributed by atoms with Crippen LogP contribution in [0.1, 0.15) is 26.3 Å². The summed E-state index contributed by atoms with van der Waals surface area (Å²) in [5, 5.41) is 3.46. The molecular weight excluding hydrogens is 254 g/mol. The zero-order valence-electron chi connectivity index (χ0n) is 12.8. The minimum Gasteiger partial charge on any atom is -0.492 e. The highest BCUT2D eigenvalue weighted by Crippen LogP contribution is 2.17. The molecule has 4 heteroatoms. The molecular formula is C16H25NO3. The minimum atomic E-state index is -0.459. The van der Waals surface area contributed by atoms with Gasteiger partial charge in [0, 0.05) is 6.04 Å². The molecule has 1 heterocycles. The van der Waals surface area contributed by atoms with Crippen molar-refractivity contribution in [2.24, 2.45) is 0 Å². The molecule has 0 aromatic heterocycles. The van der Waals surface area contributed by atoms with E-state index < -0.39 is 5.79 Å². The Morgan fingerprint density at radius 2 is 1.85 bits per heavy atom. The van der Waals surface area contributed by atoms with Crippen molar-refractivity contribution >= 4 is 0 Å². The Labute approximate surface area is 121 Å². The van der Waals surface area contributed by atoms with Crippen molar-refractivity contribution in [1.29, 1.82) is 0 Å². The van der Waals surface area contributed by atoms with Crippen LogP contribution in [-0.4, -0.2) is 37.7 Å². The van der Waals surface area contributed by atoms with Gasteiger partial charge in [0.25, 0.3) is 0 Å². The third-order valence-corrected chi connectivity index (χ3v) is 3.31. The third kappa shape index (κ3) is 4.78. The molecule has 0 saturated carbocycles. The fourth-order valence-electron chi connectivity index (χ4n) is 2.09. The van der Waals surface area contributed by atoms with Gasteiger partial charge in [0.05, 0.1) is 19.3 Å². The zero-order valence-corrected chi connectivity index (χ0v) is 12.8. The van der Waals surface area contributed by atoms with Crippen LogP contribution in [0.4, 0.5) is 0 Å². The molecule has 1 aliphatic heterocycles. The molecule has 1 N–H and O–H groups in total. The predicted molar refractivity (Wildman–Crippen MR) is 79.0 cm³/mol. The van der Waals surface area contributed by atoms with Gasteiger partial charge in [-0.15, -0.1) is 0 Å². The van der Waals surface area contributed by atoms with Gasteiger partial charge < -0.3 is 19.5 Å². The van der Waals surface area contributed by atoms with Crippen LogP contribution >= 0.6 is 0 Å². The third-order valence-electron chi connectivity index (χ3n) is 3.31. The molecule has 1 atom stereocenters. The molecule has 1 saturated heterocycles. The van der Waals surface area contributed by atoms with Crippen LogP contribution in [0.15, 0.2) is 24.3 Å². The highest BCUT2D eigenvalue weighted by Gasteiger charge is 2.28. The first kappa shape index (κ1) is 15.3. The highest BCUT2D eigenvalue weighted by atomic mass is 16.7. The van der Waals surface area contributed by atoms with Gasteiger partial charge in [-0.05, 0) is 39.8 Å². The maximum absolute atomic E-state index is 5.76. The molecule has 1 fully saturated rings. The first-order valence-corrected chi connectivity index (χ1v) is 7.18. The van der Waals surface area contributed by atoms with Crippen molar-refractivity contribution in [1.82, 2.24) is 5.32 Å². The van der Waals surface area contributed by atoms with E-state index in [1.807, 2.05) is 26.0 Å². The van der Waals surface area contributed by atoms with Crippen molar-refractivity contribution in [3.8, 4) is 5.75 Å². The maximum Gasteiger partial charge on any atom is 0.162 e. The lowest BCUT2D eigenvalue weighted by atomic mass is 10.2. The van der Waals surface area contributed by atoms with E-state index in [9.17, 15) is 0 Å². The first-order valence-electron chi connectivity index (χ1n) is 7.18. The summed E-state index contributed by atoms with van der Waals surface area (Å²) in [6.45, 7) is 10.0. The van der Waals surface area contributed by atoms with E-state index >= 15 is 0 Å². The summed E-state index contributed by atoms with van der Waals surface area (Å²) in [4.78, 5) is 0. The fraction of sp³-hybridized carbons (Fsp3) is 0.625. The smallest absolute Gasteiger partial charge is 0.162 e. The van der Waals surface area contributed by atoms with Gasteiger partial charge >= 0.3 is 0 Å². The number of nitrogens with one attached hydrogen (secondary N) is 1. The van der Waals surface area contributed by atoms with E-state index in [-0.39, 0.29) is 12.1 Å². The van der Waals surface area contributed by atoms with Crippen molar-refractivity contribution in [3.63, 3.8) is 0 Å². The predicted octanol–water partition coefficient (Wildman–Crippen LogP) is 2.50. The maximum atomic E-state index is 5.76. The van der Waals surface area contributed by atoms with Gasteiger partial charge in [-0.1, -0.05) is 17.7 Å². The lowest BCUT2D eigenvalue weighted by Crippen LogP contribution is -2.51. The van der Waals surface area contributed by atoms with Crippen LogP contribution in [-0.2, 0) is 9.47 Å². The first-order chi connectivity index (χ1) is 9.44. The van der Waals surface area contributed by atoms with Crippen molar-refractivity contribution in [2.75, 3.05) is 19.8 Å². The van der Waals surface area contributed by atoms with Crippen molar-refractivity contribution < 1.29 is 14.2 Å². The van der Waals surface area contributed by atoms with Gasteiger partial charge in [-0.2, -0.15) is 0 Å². The second-order valence-electron chi connectivity index (χ2n) is 5.91. The molecule has 20 heavy (non-hydrogen) atoms. The van der Waals surface area contributed by atoms with Gasteiger partial charge in [0.1, 0.15) is 12.4 Å². The molecule has 0 bridgehead atoms. The summed E-state index contributed by atoms with van der Waals surface area (Å²) in [7, 11) is 0.